The summed E-state index contributed by atoms with van der Waals surface area (Å²) in [4.78, 5) is 0. The first kappa shape index (κ1) is 21.3. The van der Waals surface area contributed by atoms with E-state index in [2.05, 4.69) is 112 Å². The van der Waals surface area contributed by atoms with E-state index in [4.69, 9.17) is 5.73 Å². The van der Waals surface area contributed by atoms with Gasteiger partial charge in [-0.1, -0.05) is 112 Å². The molecule has 29 heavy (non-hydrogen) atoms. The molecule has 0 bridgehead atoms. The third-order valence-electron chi connectivity index (χ3n) is 6.57. The van der Waals surface area contributed by atoms with Crippen LogP contribution in [0.15, 0.2) is 91.0 Å². The molecule has 1 nitrogen and oxygen atoms in total. The molecule has 5 unspecified atom stereocenters. The zero-order chi connectivity index (χ0) is 20.6. The van der Waals surface area contributed by atoms with E-state index in [1.807, 2.05) is 0 Å². The number of rotatable bonds is 9. The van der Waals surface area contributed by atoms with Crippen LogP contribution < -0.4 is 5.73 Å². The number of hydrogen-bond donors (Lipinski definition) is 1. The number of hydrogen-bond acceptors (Lipinski definition) is 1. The van der Waals surface area contributed by atoms with Gasteiger partial charge in [0.1, 0.15) is 0 Å². The van der Waals surface area contributed by atoms with Crippen LogP contribution in [-0.2, 0) is 0 Å². The molecule has 0 fully saturated rings. The second kappa shape index (κ2) is 10.4. The van der Waals surface area contributed by atoms with Gasteiger partial charge >= 0.3 is 0 Å². The van der Waals surface area contributed by atoms with Gasteiger partial charge in [-0.3, -0.25) is 0 Å². The van der Waals surface area contributed by atoms with Crippen molar-refractivity contribution in [2.45, 2.75) is 51.5 Å². The van der Waals surface area contributed by atoms with E-state index in [0.29, 0.717) is 23.7 Å². The Morgan fingerprint density at radius 2 is 1.00 bits per heavy atom. The SMILES string of the molecule is CC(CC(c1ccccc1)C(C)CC(N)c1ccccc1)C(C)c1ccccc1. The van der Waals surface area contributed by atoms with Crippen molar-refractivity contribution in [1.29, 1.82) is 0 Å². The summed E-state index contributed by atoms with van der Waals surface area (Å²) in [5.74, 6) is 2.15. The number of nitrogens with two attached hydrogens (primary N) is 1. The third kappa shape index (κ3) is 5.81. The van der Waals surface area contributed by atoms with E-state index >= 15 is 0 Å². The van der Waals surface area contributed by atoms with Crippen molar-refractivity contribution in [2.75, 3.05) is 0 Å². The Balaban J connectivity index is 1.76. The van der Waals surface area contributed by atoms with Crippen molar-refractivity contribution < 1.29 is 0 Å². The molecule has 0 aromatic heterocycles. The highest BCUT2D eigenvalue weighted by molar-refractivity contribution is 5.23. The quantitative estimate of drug-likeness (QED) is 0.410. The fourth-order valence-corrected chi connectivity index (χ4v) is 4.49. The first-order chi connectivity index (χ1) is 14.1. The Bertz CT molecular complexity index is 828. The van der Waals surface area contributed by atoms with Gasteiger partial charge in [0.25, 0.3) is 0 Å². The second-order valence-electron chi connectivity index (χ2n) is 8.66. The van der Waals surface area contributed by atoms with Crippen LogP contribution in [0.5, 0.6) is 0 Å². The minimum absolute atomic E-state index is 0.0827. The third-order valence-corrected chi connectivity index (χ3v) is 6.57. The van der Waals surface area contributed by atoms with Crippen molar-refractivity contribution >= 4 is 0 Å². The first-order valence-corrected chi connectivity index (χ1v) is 11.0. The maximum atomic E-state index is 6.59. The molecule has 0 aliphatic carbocycles. The van der Waals surface area contributed by atoms with Crippen LogP contribution in [0.4, 0.5) is 0 Å². The van der Waals surface area contributed by atoms with Gasteiger partial charge in [0.2, 0.25) is 0 Å². The normalized spacial score (nSPS) is 16.6. The van der Waals surface area contributed by atoms with Crippen LogP contribution in [0.25, 0.3) is 0 Å². The highest BCUT2D eigenvalue weighted by Crippen LogP contribution is 2.39. The molecular formula is C28H35N. The van der Waals surface area contributed by atoms with Crippen molar-refractivity contribution in [3.8, 4) is 0 Å². The lowest BCUT2D eigenvalue weighted by atomic mass is 9.74. The van der Waals surface area contributed by atoms with Crippen LogP contribution >= 0.6 is 0 Å². The highest BCUT2D eigenvalue weighted by atomic mass is 14.6. The Hall–Kier alpha value is -2.38. The van der Waals surface area contributed by atoms with Crippen molar-refractivity contribution in [1.82, 2.24) is 0 Å². The molecule has 152 valence electrons. The van der Waals surface area contributed by atoms with Gasteiger partial charge < -0.3 is 5.73 Å². The Morgan fingerprint density at radius 1 is 0.552 bits per heavy atom. The van der Waals surface area contributed by atoms with Crippen LogP contribution in [0.1, 0.15) is 68.2 Å². The smallest absolute Gasteiger partial charge is 0.0297 e. The molecule has 3 aromatic rings. The fourth-order valence-electron chi connectivity index (χ4n) is 4.49. The zero-order valence-electron chi connectivity index (χ0n) is 18.0. The van der Waals surface area contributed by atoms with Crippen molar-refractivity contribution in [2.24, 2.45) is 17.6 Å². The molecular weight excluding hydrogens is 350 g/mol. The van der Waals surface area contributed by atoms with Crippen LogP contribution in [0, 0.1) is 11.8 Å². The van der Waals surface area contributed by atoms with Gasteiger partial charge in [-0.2, -0.15) is 0 Å². The summed E-state index contributed by atoms with van der Waals surface area (Å²) in [7, 11) is 0. The van der Waals surface area contributed by atoms with Crippen molar-refractivity contribution in [3.63, 3.8) is 0 Å². The van der Waals surface area contributed by atoms with E-state index in [1.54, 1.807) is 0 Å². The van der Waals surface area contributed by atoms with Crippen molar-refractivity contribution in [3.05, 3.63) is 108 Å². The molecule has 0 radical (unpaired) electrons. The van der Waals surface area contributed by atoms with Crippen LogP contribution in [-0.4, -0.2) is 0 Å². The Labute approximate surface area is 177 Å². The molecule has 0 aliphatic rings. The summed E-state index contributed by atoms with van der Waals surface area (Å²) >= 11 is 0. The largest absolute Gasteiger partial charge is 0.324 e. The van der Waals surface area contributed by atoms with Gasteiger partial charge in [0.15, 0.2) is 0 Å². The van der Waals surface area contributed by atoms with Crippen LogP contribution in [0.3, 0.4) is 0 Å². The van der Waals surface area contributed by atoms with E-state index < -0.39 is 0 Å². The number of benzene rings is 3. The predicted molar refractivity (Wildman–Crippen MR) is 125 cm³/mol. The predicted octanol–water partition coefficient (Wildman–Crippen LogP) is 7.33. The molecule has 0 amide bonds. The maximum Gasteiger partial charge on any atom is 0.0297 e. The lowest BCUT2D eigenvalue weighted by Crippen LogP contribution is -2.21. The Morgan fingerprint density at radius 3 is 1.52 bits per heavy atom. The van der Waals surface area contributed by atoms with Gasteiger partial charge in [-0.05, 0) is 53.2 Å². The molecule has 2 N–H and O–H groups in total. The minimum Gasteiger partial charge on any atom is -0.324 e. The summed E-state index contributed by atoms with van der Waals surface area (Å²) in [5, 5.41) is 0. The maximum absolute atomic E-state index is 6.59. The Kier molecular flexibility index (Phi) is 7.66. The zero-order valence-corrected chi connectivity index (χ0v) is 18.0. The van der Waals surface area contributed by atoms with E-state index in [-0.39, 0.29) is 6.04 Å². The lowest BCUT2D eigenvalue weighted by Gasteiger charge is -2.31. The topological polar surface area (TPSA) is 26.0 Å². The standard InChI is InChI=1S/C28H35N/c1-21(23(3)24-13-7-4-8-14-24)19-27(25-15-9-5-10-16-25)22(2)20-28(29)26-17-11-6-12-18-26/h4-18,21-23,27-28H,19-20,29H2,1-3H3. The van der Waals surface area contributed by atoms with Gasteiger partial charge in [-0.25, -0.2) is 0 Å². The molecule has 5 atom stereocenters. The lowest BCUT2D eigenvalue weighted by molar-refractivity contribution is 0.318. The van der Waals surface area contributed by atoms with E-state index in [1.165, 1.54) is 23.1 Å². The molecule has 0 heterocycles. The van der Waals surface area contributed by atoms with Gasteiger partial charge in [0.05, 0.1) is 0 Å². The summed E-state index contributed by atoms with van der Waals surface area (Å²) in [6.45, 7) is 7.14. The highest BCUT2D eigenvalue weighted by Gasteiger charge is 2.26. The average Bonchev–Trinajstić information content (AvgIpc) is 2.78. The first-order valence-electron chi connectivity index (χ1n) is 11.0. The molecule has 0 saturated carbocycles. The molecule has 1 heteroatoms. The summed E-state index contributed by atoms with van der Waals surface area (Å²) in [6, 6.07) is 32.5. The monoisotopic (exact) mass is 385 g/mol. The molecule has 3 rings (SSSR count). The van der Waals surface area contributed by atoms with Gasteiger partial charge in [-0.15, -0.1) is 0 Å². The average molecular weight is 386 g/mol. The van der Waals surface area contributed by atoms with Crippen LogP contribution in [0.2, 0.25) is 0 Å². The molecule has 0 aliphatic heterocycles. The minimum atomic E-state index is 0.0827. The van der Waals surface area contributed by atoms with E-state index in [0.717, 1.165) is 6.42 Å². The summed E-state index contributed by atoms with van der Waals surface area (Å²) < 4.78 is 0. The molecule has 0 saturated heterocycles. The van der Waals surface area contributed by atoms with Gasteiger partial charge in [0, 0.05) is 6.04 Å². The molecule has 0 spiro atoms. The summed E-state index contributed by atoms with van der Waals surface area (Å²) in [5.41, 5.74) is 10.7. The van der Waals surface area contributed by atoms with E-state index in [9.17, 15) is 0 Å². The summed E-state index contributed by atoms with van der Waals surface area (Å²) in [6.07, 6.45) is 2.17. The molecule has 3 aromatic carbocycles. The second-order valence-corrected chi connectivity index (χ2v) is 8.66. The fraction of sp³-hybridized carbons (Fsp3) is 0.357.